The van der Waals surface area contributed by atoms with Gasteiger partial charge in [-0.05, 0) is 51.2 Å². The molecule has 0 aliphatic carbocycles. The molecule has 6 nitrogen and oxygen atoms in total. The standard InChI is InChI=1S/C18H18BrNO5/c1-18(2,3)12-4-9-16(15(19)10-12)25-17(21)11-24-14-7-5-13(6-8-14)20(22)23/h4-10H,11H2,1-3H3. The number of esters is 1. The van der Waals surface area contributed by atoms with Crippen molar-refractivity contribution < 1.29 is 19.2 Å². The zero-order valence-corrected chi connectivity index (χ0v) is 15.7. The van der Waals surface area contributed by atoms with Crippen molar-refractivity contribution in [1.29, 1.82) is 0 Å². The Labute approximate surface area is 154 Å². The lowest BCUT2D eigenvalue weighted by atomic mass is 9.87. The molecule has 0 atom stereocenters. The second-order valence-corrected chi connectivity index (χ2v) is 7.26. The van der Waals surface area contributed by atoms with Crippen molar-refractivity contribution in [3.8, 4) is 11.5 Å². The van der Waals surface area contributed by atoms with Gasteiger partial charge in [0.15, 0.2) is 6.61 Å². The van der Waals surface area contributed by atoms with E-state index in [0.29, 0.717) is 16.0 Å². The summed E-state index contributed by atoms with van der Waals surface area (Å²) in [6.45, 7) is 5.99. The molecule has 0 aromatic heterocycles. The molecule has 0 amide bonds. The molecule has 0 heterocycles. The molecule has 0 saturated heterocycles. The zero-order chi connectivity index (χ0) is 18.6. The highest BCUT2D eigenvalue weighted by Crippen LogP contribution is 2.31. The fourth-order valence-electron chi connectivity index (χ4n) is 2.01. The van der Waals surface area contributed by atoms with Gasteiger partial charge in [0.2, 0.25) is 0 Å². The van der Waals surface area contributed by atoms with E-state index in [4.69, 9.17) is 9.47 Å². The number of carbonyl (C=O) groups is 1. The van der Waals surface area contributed by atoms with Crippen molar-refractivity contribution >= 4 is 27.6 Å². The van der Waals surface area contributed by atoms with E-state index in [0.717, 1.165) is 5.56 Å². The molecule has 0 aliphatic rings. The first-order valence-corrected chi connectivity index (χ1v) is 8.34. The number of ether oxygens (including phenoxy) is 2. The minimum absolute atomic E-state index is 0.00983. The van der Waals surface area contributed by atoms with Crippen LogP contribution in [-0.4, -0.2) is 17.5 Å². The van der Waals surface area contributed by atoms with E-state index in [1.807, 2.05) is 12.1 Å². The summed E-state index contributed by atoms with van der Waals surface area (Å²) in [5.41, 5.74) is 1.06. The topological polar surface area (TPSA) is 78.7 Å². The Bertz CT molecular complexity index is 781. The first-order valence-electron chi connectivity index (χ1n) is 7.55. The number of rotatable bonds is 5. The molecule has 0 spiro atoms. The van der Waals surface area contributed by atoms with E-state index in [1.54, 1.807) is 6.07 Å². The number of nitro groups is 1. The van der Waals surface area contributed by atoms with Crippen LogP contribution in [0, 0.1) is 10.1 Å². The van der Waals surface area contributed by atoms with Gasteiger partial charge in [-0.1, -0.05) is 26.8 Å². The van der Waals surface area contributed by atoms with E-state index < -0.39 is 10.9 Å². The molecule has 25 heavy (non-hydrogen) atoms. The fraction of sp³-hybridized carbons (Fsp3) is 0.278. The van der Waals surface area contributed by atoms with Gasteiger partial charge in [-0.25, -0.2) is 4.79 Å². The van der Waals surface area contributed by atoms with Crippen molar-refractivity contribution in [3.05, 3.63) is 62.6 Å². The first kappa shape index (κ1) is 18.9. The van der Waals surface area contributed by atoms with Crippen LogP contribution in [0.15, 0.2) is 46.9 Å². The molecular weight excluding hydrogens is 390 g/mol. The Morgan fingerprint density at radius 3 is 2.32 bits per heavy atom. The Kier molecular flexibility index (Phi) is 5.79. The van der Waals surface area contributed by atoms with Gasteiger partial charge in [0.05, 0.1) is 9.40 Å². The number of halogens is 1. The zero-order valence-electron chi connectivity index (χ0n) is 14.1. The molecule has 0 bridgehead atoms. The lowest BCUT2D eigenvalue weighted by Crippen LogP contribution is -2.18. The van der Waals surface area contributed by atoms with E-state index in [9.17, 15) is 14.9 Å². The quantitative estimate of drug-likeness (QED) is 0.312. The Morgan fingerprint density at radius 1 is 1.16 bits per heavy atom. The second-order valence-electron chi connectivity index (χ2n) is 6.41. The third-order valence-corrected chi connectivity index (χ3v) is 4.05. The number of hydrogen-bond acceptors (Lipinski definition) is 5. The van der Waals surface area contributed by atoms with Gasteiger partial charge in [-0.15, -0.1) is 0 Å². The minimum Gasteiger partial charge on any atom is -0.482 e. The maximum Gasteiger partial charge on any atom is 0.349 e. The Balaban J connectivity index is 1.95. The van der Waals surface area contributed by atoms with Crippen LogP contribution in [0.25, 0.3) is 0 Å². The number of benzene rings is 2. The number of carbonyl (C=O) groups excluding carboxylic acids is 1. The largest absolute Gasteiger partial charge is 0.482 e. The highest BCUT2D eigenvalue weighted by Gasteiger charge is 2.16. The van der Waals surface area contributed by atoms with Crippen LogP contribution in [0.4, 0.5) is 5.69 Å². The molecule has 0 saturated carbocycles. The number of nitrogens with zero attached hydrogens (tertiary/aromatic N) is 1. The predicted octanol–water partition coefficient (Wildman–Crippen LogP) is 4.64. The highest BCUT2D eigenvalue weighted by molar-refractivity contribution is 9.10. The molecule has 2 rings (SSSR count). The van der Waals surface area contributed by atoms with E-state index in [2.05, 4.69) is 36.7 Å². The van der Waals surface area contributed by atoms with Crippen LogP contribution in [0.2, 0.25) is 0 Å². The summed E-state index contributed by atoms with van der Waals surface area (Å²) in [7, 11) is 0. The molecule has 2 aromatic rings. The SMILES string of the molecule is CC(C)(C)c1ccc(OC(=O)COc2ccc([N+](=O)[O-])cc2)c(Br)c1. The van der Waals surface area contributed by atoms with Crippen LogP contribution in [-0.2, 0) is 10.2 Å². The average Bonchev–Trinajstić information content (AvgIpc) is 2.54. The summed E-state index contributed by atoms with van der Waals surface area (Å²) in [4.78, 5) is 22.0. The normalized spacial score (nSPS) is 11.0. The molecule has 7 heteroatoms. The van der Waals surface area contributed by atoms with Crippen molar-refractivity contribution in [2.45, 2.75) is 26.2 Å². The molecule has 0 aliphatic heterocycles. The van der Waals surface area contributed by atoms with Crippen LogP contribution in [0.5, 0.6) is 11.5 Å². The minimum atomic E-state index is -0.567. The average molecular weight is 408 g/mol. The van der Waals surface area contributed by atoms with Gasteiger partial charge in [-0.2, -0.15) is 0 Å². The van der Waals surface area contributed by atoms with Gasteiger partial charge < -0.3 is 9.47 Å². The van der Waals surface area contributed by atoms with Crippen molar-refractivity contribution in [2.75, 3.05) is 6.61 Å². The van der Waals surface area contributed by atoms with Crippen LogP contribution in [0.3, 0.4) is 0 Å². The van der Waals surface area contributed by atoms with E-state index in [1.165, 1.54) is 24.3 Å². The number of non-ortho nitro benzene ring substituents is 1. The summed E-state index contributed by atoms with van der Waals surface area (Å²) in [6, 6.07) is 11.0. The van der Waals surface area contributed by atoms with Crippen LogP contribution >= 0.6 is 15.9 Å². The maximum atomic E-state index is 11.9. The van der Waals surface area contributed by atoms with Gasteiger partial charge >= 0.3 is 5.97 Å². The van der Waals surface area contributed by atoms with Crippen molar-refractivity contribution in [1.82, 2.24) is 0 Å². The van der Waals surface area contributed by atoms with Gasteiger partial charge in [0.1, 0.15) is 11.5 Å². The summed E-state index contributed by atoms with van der Waals surface area (Å²) in [5.74, 6) is 0.192. The van der Waals surface area contributed by atoms with E-state index >= 15 is 0 Å². The molecule has 0 N–H and O–H groups in total. The Morgan fingerprint density at radius 2 is 1.80 bits per heavy atom. The molecule has 0 radical (unpaired) electrons. The summed E-state index contributed by atoms with van der Waals surface area (Å²) >= 11 is 3.40. The fourth-order valence-corrected chi connectivity index (χ4v) is 2.47. The maximum absolute atomic E-state index is 11.9. The second kappa shape index (κ2) is 7.65. The predicted molar refractivity (Wildman–Crippen MR) is 97.1 cm³/mol. The van der Waals surface area contributed by atoms with E-state index in [-0.39, 0.29) is 17.7 Å². The molecule has 132 valence electrons. The summed E-state index contributed by atoms with van der Waals surface area (Å²) in [6.07, 6.45) is 0. The molecular formula is C18H18BrNO5. The smallest absolute Gasteiger partial charge is 0.349 e. The Hall–Kier alpha value is -2.41. The van der Waals surface area contributed by atoms with Crippen molar-refractivity contribution in [3.63, 3.8) is 0 Å². The lowest BCUT2D eigenvalue weighted by Gasteiger charge is -2.20. The lowest BCUT2D eigenvalue weighted by molar-refractivity contribution is -0.384. The van der Waals surface area contributed by atoms with Crippen molar-refractivity contribution in [2.24, 2.45) is 0 Å². The first-order chi connectivity index (χ1) is 11.7. The summed E-state index contributed by atoms with van der Waals surface area (Å²) < 4.78 is 11.2. The molecule has 2 aromatic carbocycles. The van der Waals surface area contributed by atoms with Gasteiger partial charge in [0, 0.05) is 12.1 Å². The molecule has 0 unspecified atom stereocenters. The highest BCUT2D eigenvalue weighted by atomic mass is 79.9. The molecule has 0 fully saturated rings. The van der Waals surface area contributed by atoms with Crippen LogP contribution in [0.1, 0.15) is 26.3 Å². The monoisotopic (exact) mass is 407 g/mol. The van der Waals surface area contributed by atoms with Crippen LogP contribution < -0.4 is 9.47 Å². The number of nitro benzene ring substituents is 1. The summed E-state index contributed by atoms with van der Waals surface area (Å²) in [5, 5.41) is 10.6. The number of hydrogen-bond donors (Lipinski definition) is 0. The third-order valence-electron chi connectivity index (χ3n) is 3.43. The van der Waals surface area contributed by atoms with Gasteiger partial charge in [0.25, 0.3) is 5.69 Å². The third kappa shape index (κ3) is 5.29. The van der Waals surface area contributed by atoms with Gasteiger partial charge in [-0.3, -0.25) is 10.1 Å².